The Kier molecular flexibility index (Phi) is 4.69. The minimum atomic E-state index is -0.605. The molecule has 0 bridgehead atoms. The van der Waals surface area contributed by atoms with E-state index in [-0.39, 0.29) is 0 Å². The minimum Gasteiger partial charge on any atom is -0.342 e. The SMILES string of the molecule is Clc1nnc(NC(c2ccccc2)(c2ccccc2)c2ccccc2)s1. The van der Waals surface area contributed by atoms with Crippen LogP contribution in [0.15, 0.2) is 91.0 Å². The third kappa shape index (κ3) is 3.09. The molecule has 0 saturated heterocycles. The molecule has 0 aliphatic rings. The van der Waals surface area contributed by atoms with Crippen LogP contribution < -0.4 is 5.32 Å². The number of hydrogen-bond donors (Lipinski definition) is 1. The van der Waals surface area contributed by atoms with Gasteiger partial charge in [-0.25, -0.2) is 0 Å². The molecule has 1 aromatic heterocycles. The first kappa shape index (κ1) is 16.8. The second-order valence-electron chi connectivity index (χ2n) is 5.83. The average Bonchev–Trinajstić information content (AvgIpc) is 3.13. The van der Waals surface area contributed by atoms with E-state index in [2.05, 4.69) is 51.9 Å². The van der Waals surface area contributed by atoms with Gasteiger partial charge < -0.3 is 5.32 Å². The maximum atomic E-state index is 6.03. The number of hydrogen-bond acceptors (Lipinski definition) is 4. The van der Waals surface area contributed by atoms with Crippen molar-refractivity contribution in [2.75, 3.05) is 5.32 Å². The molecule has 0 fully saturated rings. The van der Waals surface area contributed by atoms with Crippen molar-refractivity contribution in [3.8, 4) is 0 Å². The lowest BCUT2D eigenvalue weighted by atomic mass is 9.77. The fourth-order valence-electron chi connectivity index (χ4n) is 3.20. The van der Waals surface area contributed by atoms with Crippen LogP contribution in [0.5, 0.6) is 0 Å². The van der Waals surface area contributed by atoms with E-state index in [4.69, 9.17) is 11.6 Å². The number of nitrogens with zero attached hydrogens (tertiary/aromatic N) is 2. The summed E-state index contributed by atoms with van der Waals surface area (Å²) in [7, 11) is 0. The van der Waals surface area contributed by atoms with E-state index < -0.39 is 5.54 Å². The number of anilines is 1. The van der Waals surface area contributed by atoms with Crippen LogP contribution >= 0.6 is 22.9 Å². The lowest BCUT2D eigenvalue weighted by molar-refractivity contribution is 0.708. The van der Waals surface area contributed by atoms with Gasteiger partial charge in [0, 0.05) is 0 Å². The molecule has 26 heavy (non-hydrogen) atoms. The fourth-order valence-corrected chi connectivity index (χ4v) is 3.98. The molecule has 0 amide bonds. The second-order valence-corrected chi connectivity index (χ2v) is 7.39. The van der Waals surface area contributed by atoms with Crippen molar-refractivity contribution in [2.45, 2.75) is 5.54 Å². The van der Waals surface area contributed by atoms with Crippen molar-refractivity contribution in [1.29, 1.82) is 0 Å². The van der Waals surface area contributed by atoms with Gasteiger partial charge in [0.25, 0.3) is 0 Å². The first-order chi connectivity index (χ1) is 12.8. The summed E-state index contributed by atoms with van der Waals surface area (Å²) < 4.78 is 0.413. The van der Waals surface area contributed by atoms with Gasteiger partial charge in [-0.3, -0.25) is 0 Å². The van der Waals surface area contributed by atoms with E-state index in [1.807, 2.05) is 54.6 Å². The van der Waals surface area contributed by atoms with E-state index in [9.17, 15) is 0 Å². The Morgan fingerprint density at radius 2 is 1.08 bits per heavy atom. The lowest BCUT2D eigenvalue weighted by Crippen LogP contribution is -2.38. The minimum absolute atomic E-state index is 0.413. The molecule has 0 aliphatic carbocycles. The molecule has 1 N–H and O–H groups in total. The van der Waals surface area contributed by atoms with Crippen LogP contribution in [0.25, 0.3) is 0 Å². The highest BCUT2D eigenvalue weighted by Gasteiger charge is 2.37. The van der Waals surface area contributed by atoms with Crippen LogP contribution in [0.2, 0.25) is 4.47 Å². The Bertz CT molecular complexity index is 875. The molecule has 4 aromatic rings. The van der Waals surface area contributed by atoms with Gasteiger partial charge in [-0.15, -0.1) is 10.2 Å². The van der Waals surface area contributed by atoms with Gasteiger partial charge in [0.1, 0.15) is 5.54 Å². The summed E-state index contributed by atoms with van der Waals surface area (Å²) in [6.07, 6.45) is 0. The van der Waals surface area contributed by atoms with Crippen LogP contribution in [0, 0.1) is 0 Å². The van der Waals surface area contributed by atoms with Gasteiger partial charge in [0.05, 0.1) is 0 Å². The third-order valence-corrected chi connectivity index (χ3v) is 5.25. The van der Waals surface area contributed by atoms with Crippen LogP contribution in [-0.4, -0.2) is 10.2 Å². The number of halogens is 1. The standard InChI is InChI=1S/C21H16ClN3S/c22-19-24-25-20(26-19)23-21(16-10-4-1-5-11-16,17-12-6-2-7-13-17)18-14-8-3-9-15-18/h1-15H,(H,23,25). The Hall–Kier alpha value is -2.69. The van der Waals surface area contributed by atoms with Crippen LogP contribution in [0.1, 0.15) is 16.7 Å². The van der Waals surface area contributed by atoms with Gasteiger partial charge in [0.2, 0.25) is 9.60 Å². The van der Waals surface area contributed by atoms with E-state index in [1.165, 1.54) is 11.3 Å². The molecular weight excluding hydrogens is 362 g/mol. The highest BCUT2D eigenvalue weighted by Crippen LogP contribution is 2.40. The van der Waals surface area contributed by atoms with Crippen LogP contribution in [0.4, 0.5) is 5.13 Å². The van der Waals surface area contributed by atoms with Crippen molar-refractivity contribution in [3.05, 3.63) is 112 Å². The van der Waals surface area contributed by atoms with E-state index in [0.29, 0.717) is 9.60 Å². The van der Waals surface area contributed by atoms with Gasteiger partial charge >= 0.3 is 0 Å². The predicted octanol–water partition coefficient (Wildman–Crippen LogP) is 5.60. The second kappa shape index (κ2) is 7.28. The maximum Gasteiger partial charge on any atom is 0.208 e. The summed E-state index contributed by atoms with van der Waals surface area (Å²) in [4.78, 5) is 0. The number of nitrogens with one attached hydrogen (secondary N) is 1. The summed E-state index contributed by atoms with van der Waals surface area (Å²) in [5.41, 5.74) is 2.74. The molecule has 0 atom stereocenters. The summed E-state index contributed by atoms with van der Waals surface area (Å²) >= 11 is 7.36. The topological polar surface area (TPSA) is 37.8 Å². The Morgan fingerprint density at radius 1 is 0.654 bits per heavy atom. The highest BCUT2D eigenvalue weighted by molar-refractivity contribution is 7.19. The zero-order valence-corrected chi connectivity index (χ0v) is 15.4. The molecule has 0 saturated carbocycles. The van der Waals surface area contributed by atoms with Crippen molar-refractivity contribution >= 4 is 28.1 Å². The summed E-state index contributed by atoms with van der Waals surface area (Å²) in [6.45, 7) is 0. The maximum absolute atomic E-state index is 6.03. The smallest absolute Gasteiger partial charge is 0.208 e. The molecule has 0 unspecified atom stereocenters. The van der Waals surface area contributed by atoms with Crippen LogP contribution in [0.3, 0.4) is 0 Å². The van der Waals surface area contributed by atoms with E-state index in [1.54, 1.807) is 0 Å². The van der Waals surface area contributed by atoms with Crippen molar-refractivity contribution in [2.24, 2.45) is 0 Å². The molecule has 128 valence electrons. The number of benzene rings is 3. The molecule has 0 aliphatic heterocycles. The lowest BCUT2D eigenvalue weighted by Gasteiger charge is -2.36. The van der Waals surface area contributed by atoms with Gasteiger partial charge in [-0.2, -0.15) is 0 Å². The third-order valence-electron chi connectivity index (χ3n) is 4.32. The highest BCUT2D eigenvalue weighted by atomic mass is 35.5. The zero-order chi connectivity index (χ0) is 17.8. The first-order valence-corrected chi connectivity index (χ1v) is 9.42. The average molecular weight is 378 g/mol. The zero-order valence-electron chi connectivity index (χ0n) is 13.8. The Labute approximate surface area is 161 Å². The molecule has 0 radical (unpaired) electrons. The summed E-state index contributed by atoms with van der Waals surface area (Å²) in [5, 5.41) is 12.5. The van der Waals surface area contributed by atoms with Gasteiger partial charge in [-0.1, -0.05) is 102 Å². The Morgan fingerprint density at radius 3 is 1.42 bits per heavy atom. The monoisotopic (exact) mass is 377 g/mol. The molecule has 1 heterocycles. The van der Waals surface area contributed by atoms with Crippen LogP contribution in [-0.2, 0) is 5.54 Å². The van der Waals surface area contributed by atoms with Crippen molar-refractivity contribution in [3.63, 3.8) is 0 Å². The first-order valence-electron chi connectivity index (χ1n) is 8.23. The number of rotatable bonds is 5. The Balaban J connectivity index is 2.00. The molecule has 0 spiro atoms. The summed E-state index contributed by atoms with van der Waals surface area (Å²) in [5.74, 6) is 0. The number of aromatic nitrogens is 2. The molecule has 3 nitrogen and oxygen atoms in total. The fraction of sp³-hybridized carbons (Fsp3) is 0.0476. The molecule has 3 aromatic carbocycles. The van der Waals surface area contributed by atoms with Gasteiger partial charge in [-0.05, 0) is 28.3 Å². The normalized spacial score (nSPS) is 11.3. The van der Waals surface area contributed by atoms with E-state index >= 15 is 0 Å². The van der Waals surface area contributed by atoms with Gasteiger partial charge in [0.15, 0.2) is 0 Å². The molecular formula is C21H16ClN3S. The predicted molar refractivity (Wildman–Crippen MR) is 108 cm³/mol. The van der Waals surface area contributed by atoms with Crippen molar-refractivity contribution in [1.82, 2.24) is 10.2 Å². The van der Waals surface area contributed by atoms with E-state index in [0.717, 1.165) is 16.7 Å². The largest absolute Gasteiger partial charge is 0.342 e. The quantitative estimate of drug-likeness (QED) is 0.460. The molecule has 4 rings (SSSR count). The van der Waals surface area contributed by atoms with Crippen molar-refractivity contribution < 1.29 is 0 Å². The molecule has 5 heteroatoms. The summed E-state index contributed by atoms with van der Waals surface area (Å²) in [6, 6.07) is 31.1.